The zero-order chi connectivity index (χ0) is 22.4. The Morgan fingerprint density at radius 2 is 1.87 bits per heavy atom. The molecule has 1 atom stereocenters. The van der Waals surface area contributed by atoms with E-state index in [1.54, 1.807) is 18.2 Å². The topological polar surface area (TPSA) is 100 Å². The molecule has 6 heteroatoms. The summed E-state index contributed by atoms with van der Waals surface area (Å²) in [5.41, 5.74) is 1.48. The third-order valence-corrected chi connectivity index (χ3v) is 5.09. The highest BCUT2D eigenvalue weighted by molar-refractivity contribution is 5.92. The lowest BCUT2D eigenvalue weighted by atomic mass is 9.94. The maximum Gasteiger partial charge on any atom is 0.204 e. The van der Waals surface area contributed by atoms with Crippen LogP contribution in [0, 0.1) is 5.92 Å². The molecule has 3 N–H and O–H groups in total. The standard InChI is InChI=1S/C25H24O6/c1-12(2)5-7-15-17(27)11-20-21(23(15)28)24(29)22-19(9-13(3)4)30-18-10-14(26)6-8-16(18)25(22)31-20/h5-12,19,26-28H,1-4H3/t19-/m0/s1. The molecule has 6 nitrogen and oxygen atoms in total. The first-order valence-corrected chi connectivity index (χ1v) is 10.1. The van der Waals surface area contributed by atoms with Gasteiger partial charge in [-0.05, 0) is 38.0 Å². The van der Waals surface area contributed by atoms with Crippen molar-refractivity contribution in [2.75, 3.05) is 0 Å². The summed E-state index contributed by atoms with van der Waals surface area (Å²) in [7, 11) is 0. The Kier molecular flexibility index (Phi) is 5.01. The molecule has 4 rings (SSSR count). The fourth-order valence-corrected chi connectivity index (χ4v) is 3.67. The van der Waals surface area contributed by atoms with E-state index in [0.29, 0.717) is 11.3 Å². The molecule has 31 heavy (non-hydrogen) atoms. The molecule has 0 radical (unpaired) electrons. The van der Waals surface area contributed by atoms with Gasteiger partial charge in [-0.25, -0.2) is 0 Å². The smallest absolute Gasteiger partial charge is 0.204 e. The number of fused-ring (bicyclic) bond motifs is 4. The summed E-state index contributed by atoms with van der Waals surface area (Å²) in [5.74, 6) is 0.351. The highest BCUT2D eigenvalue weighted by Crippen LogP contribution is 2.46. The number of rotatable bonds is 3. The number of hydrogen-bond donors (Lipinski definition) is 3. The molecule has 160 valence electrons. The molecule has 2 heterocycles. The van der Waals surface area contributed by atoms with E-state index >= 15 is 0 Å². The molecule has 0 aliphatic carbocycles. The minimum Gasteiger partial charge on any atom is -0.508 e. The van der Waals surface area contributed by atoms with Crippen molar-refractivity contribution >= 4 is 17.0 Å². The van der Waals surface area contributed by atoms with Gasteiger partial charge in [0.25, 0.3) is 0 Å². The largest absolute Gasteiger partial charge is 0.508 e. The van der Waals surface area contributed by atoms with Crippen molar-refractivity contribution in [2.24, 2.45) is 5.92 Å². The van der Waals surface area contributed by atoms with Crippen LogP contribution in [0.4, 0.5) is 0 Å². The van der Waals surface area contributed by atoms with Gasteiger partial charge < -0.3 is 24.5 Å². The van der Waals surface area contributed by atoms with Gasteiger partial charge in [-0.1, -0.05) is 31.6 Å². The lowest BCUT2D eigenvalue weighted by Gasteiger charge is -2.26. The molecule has 0 saturated carbocycles. The zero-order valence-corrected chi connectivity index (χ0v) is 17.8. The highest BCUT2D eigenvalue weighted by Gasteiger charge is 2.32. The molecule has 0 fully saturated rings. The second-order valence-corrected chi connectivity index (χ2v) is 8.27. The molecule has 1 aromatic heterocycles. The van der Waals surface area contributed by atoms with Crippen molar-refractivity contribution in [1.82, 2.24) is 0 Å². The number of phenols is 3. The van der Waals surface area contributed by atoms with Crippen LogP contribution in [0.5, 0.6) is 23.0 Å². The van der Waals surface area contributed by atoms with Crippen molar-refractivity contribution < 1.29 is 24.5 Å². The van der Waals surface area contributed by atoms with E-state index in [-0.39, 0.29) is 51.0 Å². The predicted molar refractivity (Wildman–Crippen MR) is 120 cm³/mol. The number of ether oxygens (including phenoxy) is 1. The monoisotopic (exact) mass is 420 g/mol. The third-order valence-electron chi connectivity index (χ3n) is 5.09. The van der Waals surface area contributed by atoms with Crippen molar-refractivity contribution in [1.29, 1.82) is 0 Å². The van der Waals surface area contributed by atoms with Crippen molar-refractivity contribution in [3.05, 3.63) is 63.3 Å². The molecule has 0 unspecified atom stereocenters. The fraction of sp³-hybridized carbons (Fsp3) is 0.240. The summed E-state index contributed by atoms with van der Waals surface area (Å²) in [6.45, 7) is 7.70. The molecule has 0 bridgehead atoms. The van der Waals surface area contributed by atoms with Gasteiger partial charge in [-0.3, -0.25) is 4.79 Å². The van der Waals surface area contributed by atoms with Gasteiger partial charge in [-0.2, -0.15) is 0 Å². The van der Waals surface area contributed by atoms with Gasteiger partial charge in [0.15, 0.2) is 0 Å². The quantitative estimate of drug-likeness (QED) is 0.474. The molecular formula is C25H24O6. The maximum atomic E-state index is 13.6. The average molecular weight is 420 g/mol. The van der Waals surface area contributed by atoms with Gasteiger partial charge >= 0.3 is 0 Å². The lowest BCUT2D eigenvalue weighted by Crippen LogP contribution is -2.22. The van der Waals surface area contributed by atoms with Crippen LogP contribution < -0.4 is 10.2 Å². The summed E-state index contributed by atoms with van der Waals surface area (Å²) < 4.78 is 12.1. The van der Waals surface area contributed by atoms with Crippen LogP contribution in [0.2, 0.25) is 0 Å². The van der Waals surface area contributed by atoms with E-state index < -0.39 is 11.5 Å². The molecule has 0 saturated heterocycles. The summed E-state index contributed by atoms with van der Waals surface area (Å²) in [5, 5.41) is 31.2. The van der Waals surface area contributed by atoms with Crippen LogP contribution in [0.25, 0.3) is 28.4 Å². The van der Waals surface area contributed by atoms with E-state index in [1.165, 1.54) is 18.2 Å². The van der Waals surface area contributed by atoms with Crippen molar-refractivity contribution in [2.45, 2.75) is 33.8 Å². The Morgan fingerprint density at radius 1 is 1.13 bits per heavy atom. The minimum absolute atomic E-state index is 0.0158. The van der Waals surface area contributed by atoms with Crippen LogP contribution in [0.1, 0.15) is 44.9 Å². The van der Waals surface area contributed by atoms with Gasteiger partial charge in [0, 0.05) is 12.1 Å². The summed E-state index contributed by atoms with van der Waals surface area (Å²) in [4.78, 5) is 13.6. The second kappa shape index (κ2) is 7.54. The summed E-state index contributed by atoms with van der Waals surface area (Å²) in [6.07, 6.45) is 4.44. The Morgan fingerprint density at radius 3 is 2.55 bits per heavy atom. The normalized spacial score (nSPS) is 15.1. The lowest BCUT2D eigenvalue weighted by molar-refractivity contribution is 0.243. The molecule has 1 aliphatic rings. The van der Waals surface area contributed by atoms with Crippen LogP contribution in [-0.4, -0.2) is 15.3 Å². The number of hydrogen-bond acceptors (Lipinski definition) is 6. The van der Waals surface area contributed by atoms with Gasteiger partial charge in [0.2, 0.25) is 5.43 Å². The molecule has 3 aromatic rings. The van der Waals surface area contributed by atoms with Crippen LogP contribution in [0.15, 0.2) is 51.2 Å². The Hall–Kier alpha value is -3.67. The average Bonchev–Trinajstić information content (AvgIpc) is 2.66. The van der Waals surface area contributed by atoms with E-state index in [4.69, 9.17) is 9.15 Å². The summed E-state index contributed by atoms with van der Waals surface area (Å²) >= 11 is 0. The Bertz CT molecular complexity index is 1310. The SMILES string of the molecule is CC(C)=C[C@@H]1Oc2cc(O)ccc2-c2oc3cc(O)c(C=CC(C)C)c(O)c3c(=O)c21. The van der Waals surface area contributed by atoms with Gasteiger partial charge in [0.05, 0.1) is 16.7 Å². The highest BCUT2D eigenvalue weighted by atomic mass is 16.5. The predicted octanol–water partition coefficient (Wildman–Crippen LogP) is 5.65. The zero-order valence-electron chi connectivity index (χ0n) is 17.8. The third kappa shape index (κ3) is 3.54. The fourth-order valence-electron chi connectivity index (χ4n) is 3.67. The van der Waals surface area contributed by atoms with E-state index in [0.717, 1.165) is 5.57 Å². The molecule has 1 aliphatic heterocycles. The van der Waals surface area contributed by atoms with Crippen LogP contribution in [0.3, 0.4) is 0 Å². The van der Waals surface area contributed by atoms with E-state index in [2.05, 4.69) is 0 Å². The van der Waals surface area contributed by atoms with Crippen LogP contribution >= 0.6 is 0 Å². The van der Waals surface area contributed by atoms with E-state index in [1.807, 2.05) is 33.8 Å². The number of aromatic hydroxyl groups is 3. The van der Waals surface area contributed by atoms with Gasteiger partial charge in [0.1, 0.15) is 45.8 Å². The molecule has 0 amide bonds. The first-order valence-electron chi connectivity index (χ1n) is 10.1. The number of phenolic OH excluding ortho intramolecular Hbond substituents is 3. The maximum absolute atomic E-state index is 13.6. The van der Waals surface area contributed by atoms with E-state index in [9.17, 15) is 20.1 Å². The molecule has 2 aromatic carbocycles. The first kappa shape index (κ1) is 20.6. The first-order chi connectivity index (χ1) is 14.7. The molecular weight excluding hydrogens is 396 g/mol. The van der Waals surface area contributed by atoms with Crippen molar-refractivity contribution in [3.8, 4) is 34.3 Å². The van der Waals surface area contributed by atoms with Gasteiger partial charge in [-0.15, -0.1) is 0 Å². The Balaban J connectivity index is 2.08. The second-order valence-electron chi connectivity index (χ2n) is 8.27. The minimum atomic E-state index is -0.752. The molecule has 0 spiro atoms. The van der Waals surface area contributed by atoms with Crippen molar-refractivity contribution in [3.63, 3.8) is 0 Å². The summed E-state index contributed by atoms with van der Waals surface area (Å²) in [6, 6.07) is 5.88. The number of benzene rings is 2. The number of allylic oxidation sites excluding steroid dienone is 2. The Labute approximate surface area is 179 Å². The van der Waals surface area contributed by atoms with Crippen LogP contribution in [-0.2, 0) is 0 Å².